The Bertz CT molecular complexity index is 1100. The van der Waals surface area contributed by atoms with E-state index in [-0.39, 0.29) is 17.7 Å². The molecule has 2 aromatic heterocycles. The first-order valence-corrected chi connectivity index (χ1v) is 12.4. The summed E-state index contributed by atoms with van der Waals surface area (Å²) in [5.74, 6) is 0.999. The number of aromatic nitrogens is 1. The summed E-state index contributed by atoms with van der Waals surface area (Å²) in [6, 6.07) is 13.2. The third-order valence-corrected chi connectivity index (χ3v) is 7.00. The number of hydrogen-bond donors (Lipinski definition) is 2. The second-order valence-electron chi connectivity index (χ2n) is 8.24. The molecule has 1 saturated heterocycles. The lowest BCUT2D eigenvalue weighted by atomic mass is 10.1. The molecule has 0 aliphatic carbocycles. The number of phenols is 1. The molecule has 0 bridgehead atoms. The first-order chi connectivity index (χ1) is 16.1. The zero-order valence-corrected chi connectivity index (χ0v) is 20.0. The molecule has 33 heavy (non-hydrogen) atoms. The molecule has 1 aromatic carbocycles. The summed E-state index contributed by atoms with van der Waals surface area (Å²) in [4.78, 5) is 21.2. The van der Waals surface area contributed by atoms with Crippen LogP contribution in [0.4, 0.5) is 5.82 Å². The van der Waals surface area contributed by atoms with E-state index in [1.54, 1.807) is 23.5 Å². The van der Waals surface area contributed by atoms with Crippen molar-refractivity contribution in [2.45, 2.75) is 39.2 Å². The number of carbonyl (C=O) groups excluding carboxylic acids is 1. The lowest BCUT2D eigenvalue weighted by molar-refractivity contribution is -0.122. The predicted molar refractivity (Wildman–Crippen MR) is 134 cm³/mol. The number of hydrogen-bond acceptors (Lipinski definition) is 6. The number of aromatic hydroxyl groups is 1. The number of rotatable bonds is 9. The molecular formula is C26H31N3O3S. The summed E-state index contributed by atoms with van der Waals surface area (Å²) in [5.41, 5.74) is 3.64. The number of para-hydroxylation sites is 1. The second-order valence-corrected chi connectivity index (χ2v) is 9.16. The summed E-state index contributed by atoms with van der Waals surface area (Å²) >= 11 is 1.69. The quantitative estimate of drug-likeness (QED) is 0.435. The highest BCUT2D eigenvalue weighted by atomic mass is 32.1. The predicted octanol–water partition coefficient (Wildman–Crippen LogP) is 5.00. The third kappa shape index (κ3) is 5.37. The normalized spacial score (nSPS) is 15.7. The number of amides is 1. The zero-order chi connectivity index (χ0) is 23.2. The number of ether oxygens (including phenoxy) is 1. The molecule has 0 unspecified atom stereocenters. The van der Waals surface area contributed by atoms with Crippen molar-refractivity contribution >= 4 is 23.1 Å². The fraction of sp³-hybridized carbons (Fsp3) is 0.385. The van der Waals surface area contributed by atoms with Crippen molar-refractivity contribution < 1.29 is 14.6 Å². The molecule has 0 spiro atoms. The molecule has 0 radical (unpaired) electrons. The molecular weight excluding hydrogens is 434 g/mol. The molecule has 1 amide bonds. The Labute approximate surface area is 199 Å². The first-order valence-electron chi connectivity index (χ1n) is 11.6. The molecule has 4 rings (SSSR count). The van der Waals surface area contributed by atoms with Gasteiger partial charge >= 0.3 is 0 Å². The number of pyridine rings is 1. The zero-order valence-electron chi connectivity index (χ0n) is 19.2. The van der Waals surface area contributed by atoms with E-state index in [1.807, 2.05) is 25.1 Å². The van der Waals surface area contributed by atoms with E-state index in [9.17, 15) is 9.90 Å². The molecule has 7 heteroatoms. The van der Waals surface area contributed by atoms with Crippen molar-refractivity contribution in [1.29, 1.82) is 0 Å². The van der Waals surface area contributed by atoms with Crippen molar-refractivity contribution in [3.05, 3.63) is 53.4 Å². The van der Waals surface area contributed by atoms with Crippen LogP contribution in [0.2, 0.25) is 0 Å². The van der Waals surface area contributed by atoms with E-state index in [4.69, 9.17) is 9.72 Å². The van der Waals surface area contributed by atoms with Gasteiger partial charge in [0.25, 0.3) is 0 Å². The average Bonchev–Trinajstić information content (AvgIpc) is 3.48. The second kappa shape index (κ2) is 10.8. The van der Waals surface area contributed by atoms with Crippen LogP contribution >= 0.6 is 11.3 Å². The van der Waals surface area contributed by atoms with Crippen molar-refractivity contribution in [2.75, 3.05) is 31.2 Å². The van der Waals surface area contributed by atoms with E-state index >= 15 is 0 Å². The van der Waals surface area contributed by atoms with Gasteiger partial charge in [-0.2, -0.15) is 0 Å². The maximum atomic E-state index is 13.0. The summed E-state index contributed by atoms with van der Waals surface area (Å²) in [6.07, 6.45) is 2.54. The van der Waals surface area contributed by atoms with Crippen LogP contribution in [0.25, 0.3) is 21.7 Å². The highest BCUT2D eigenvalue weighted by Gasteiger charge is 2.32. The molecule has 3 aromatic rings. The molecule has 174 valence electrons. The van der Waals surface area contributed by atoms with E-state index in [0.29, 0.717) is 31.0 Å². The number of anilines is 1. The minimum Gasteiger partial charge on any atom is -0.507 e. The summed E-state index contributed by atoms with van der Waals surface area (Å²) in [6.45, 7) is 6.79. The molecule has 1 atom stereocenters. The minimum atomic E-state index is -0.249. The fourth-order valence-electron chi connectivity index (χ4n) is 4.25. The number of nitrogens with zero attached hydrogens (tertiary/aromatic N) is 2. The number of phenolic OH excluding ortho intramolecular Hbond substituents is 1. The van der Waals surface area contributed by atoms with Gasteiger partial charge in [-0.05, 0) is 79.9 Å². The Balaban J connectivity index is 1.64. The number of carbonyl (C=O) groups is 1. The van der Waals surface area contributed by atoms with E-state index in [0.717, 1.165) is 37.2 Å². The van der Waals surface area contributed by atoms with Crippen LogP contribution in [0.1, 0.15) is 31.7 Å². The third-order valence-electron chi connectivity index (χ3n) is 5.93. The lowest BCUT2D eigenvalue weighted by Crippen LogP contribution is -2.44. The van der Waals surface area contributed by atoms with Gasteiger partial charge in [-0.1, -0.05) is 12.1 Å². The van der Waals surface area contributed by atoms with Crippen LogP contribution < -0.4 is 10.2 Å². The Hall–Kier alpha value is -2.90. The van der Waals surface area contributed by atoms with Gasteiger partial charge in [0, 0.05) is 36.7 Å². The summed E-state index contributed by atoms with van der Waals surface area (Å²) in [5, 5.41) is 15.6. The SMILES string of the molecule is CCOCCCNC(=O)[C@@H]1CCCN1c1cc(-c2sccc2C)cc(-c2ccccc2O)n1. The Kier molecular flexibility index (Phi) is 7.62. The van der Waals surface area contributed by atoms with Gasteiger partial charge in [0.05, 0.1) is 5.69 Å². The number of nitrogens with one attached hydrogen (secondary N) is 1. The van der Waals surface area contributed by atoms with Gasteiger partial charge in [0.2, 0.25) is 5.91 Å². The number of benzene rings is 1. The Morgan fingerprint density at radius 1 is 1.30 bits per heavy atom. The molecule has 1 fully saturated rings. The van der Waals surface area contributed by atoms with Crippen LogP contribution in [-0.4, -0.2) is 48.3 Å². The van der Waals surface area contributed by atoms with Crippen molar-refractivity contribution in [3.8, 4) is 27.4 Å². The smallest absolute Gasteiger partial charge is 0.242 e. The maximum Gasteiger partial charge on any atom is 0.242 e. The average molecular weight is 466 g/mol. The molecule has 1 aliphatic heterocycles. The van der Waals surface area contributed by atoms with Crippen LogP contribution in [0.15, 0.2) is 47.8 Å². The van der Waals surface area contributed by atoms with Crippen molar-refractivity contribution in [1.82, 2.24) is 10.3 Å². The number of thiophene rings is 1. The fourth-order valence-corrected chi connectivity index (χ4v) is 5.17. The highest BCUT2D eigenvalue weighted by molar-refractivity contribution is 7.13. The van der Waals surface area contributed by atoms with Crippen LogP contribution in [0.5, 0.6) is 5.75 Å². The van der Waals surface area contributed by atoms with E-state index < -0.39 is 0 Å². The van der Waals surface area contributed by atoms with Gasteiger partial charge in [0.1, 0.15) is 17.6 Å². The van der Waals surface area contributed by atoms with Crippen LogP contribution in [0, 0.1) is 6.92 Å². The Morgan fingerprint density at radius 3 is 2.91 bits per heavy atom. The topological polar surface area (TPSA) is 74.7 Å². The van der Waals surface area contributed by atoms with E-state index in [2.05, 4.69) is 34.7 Å². The van der Waals surface area contributed by atoms with Gasteiger partial charge < -0.3 is 20.1 Å². The largest absolute Gasteiger partial charge is 0.507 e. The van der Waals surface area contributed by atoms with E-state index in [1.165, 1.54) is 10.4 Å². The van der Waals surface area contributed by atoms with Crippen LogP contribution in [0.3, 0.4) is 0 Å². The molecule has 6 nitrogen and oxygen atoms in total. The van der Waals surface area contributed by atoms with Crippen molar-refractivity contribution in [3.63, 3.8) is 0 Å². The standard InChI is InChI=1S/C26H31N3O3S/c1-3-32-14-7-12-27-26(31)22-9-6-13-29(22)24-17-19(25-18(2)11-15-33-25)16-21(28-24)20-8-4-5-10-23(20)30/h4-5,8,10-11,15-17,22,30H,3,6-7,9,12-14H2,1-2H3,(H,27,31)/t22-/m0/s1. The monoisotopic (exact) mass is 465 g/mol. The maximum absolute atomic E-state index is 13.0. The highest BCUT2D eigenvalue weighted by Crippen LogP contribution is 2.37. The molecule has 0 saturated carbocycles. The van der Waals surface area contributed by atoms with Gasteiger partial charge in [0.15, 0.2) is 0 Å². The van der Waals surface area contributed by atoms with Crippen molar-refractivity contribution in [2.24, 2.45) is 0 Å². The first kappa shape index (κ1) is 23.3. The number of aryl methyl sites for hydroxylation is 1. The Morgan fingerprint density at radius 2 is 2.15 bits per heavy atom. The van der Waals surface area contributed by atoms with Gasteiger partial charge in [-0.25, -0.2) is 4.98 Å². The van der Waals surface area contributed by atoms with Crippen LogP contribution in [-0.2, 0) is 9.53 Å². The lowest BCUT2D eigenvalue weighted by Gasteiger charge is -2.26. The van der Waals surface area contributed by atoms with Gasteiger partial charge in [-0.15, -0.1) is 11.3 Å². The summed E-state index contributed by atoms with van der Waals surface area (Å²) < 4.78 is 5.36. The molecule has 2 N–H and O–H groups in total. The van der Waals surface area contributed by atoms with Gasteiger partial charge in [-0.3, -0.25) is 4.79 Å². The minimum absolute atomic E-state index is 0.0348. The molecule has 1 aliphatic rings. The summed E-state index contributed by atoms with van der Waals surface area (Å²) in [7, 11) is 0. The molecule has 3 heterocycles.